The Bertz CT molecular complexity index is 563. The smallest absolute Gasteiger partial charge is 0.394 e. The van der Waals surface area contributed by atoms with Crippen LogP contribution in [-0.4, -0.2) is 30.3 Å². The van der Waals surface area contributed by atoms with Crippen LogP contribution in [0.15, 0.2) is 10.7 Å². The first-order valence-electron chi connectivity index (χ1n) is 6.38. The summed E-state index contributed by atoms with van der Waals surface area (Å²) in [5.74, 6) is -0.398. The molecule has 1 fully saturated rings. The van der Waals surface area contributed by atoms with Crippen LogP contribution >= 0.6 is 15.9 Å². The molecule has 22 heavy (non-hydrogen) atoms. The number of rotatable bonds is 3. The maximum atomic E-state index is 12.7. The average molecular weight is 384 g/mol. The summed E-state index contributed by atoms with van der Waals surface area (Å²) in [7, 11) is 0. The van der Waals surface area contributed by atoms with Crippen molar-refractivity contribution in [3.8, 4) is 5.88 Å². The summed E-state index contributed by atoms with van der Waals surface area (Å²) in [6, 6.07) is 0.653. The van der Waals surface area contributed by atoms with Crippen molar-refractivity contribution < 1.29 is 27.4 Å². The van der Waals surface area contributed by atoms with E-state index in [9.17, 15) is 18.0 Å². The van der Waals surface area contributed by atoms with Crippen LogP contribution in [0.4, 0.5) is 23.7 Å². The fraction of sp³-hybridized carbons (Fsp3) is 0.500. The van der Waals surface area contributed by atoms with Gasteiger partial charge in [-0.3, -0.25) is 0 Å². The number of pyridine rings is 1. The lowest BCUT2D eigenvalue weighted by atomic mass is 10.2. The van der Waals surface area contributed by atoms with Crippen LogP contribution in [0.5, 0.6) is 5.88 Å². The van der Waals surface area contributed by atoms with Gasteiger partial charge in [0.05, 0.1) is 17.4 Å². The van der Waals surface area contributed by atoms with E-state index in [4.69, 9.17) is 15.2 Å². The number of nitrogens with zero attached hydrogens (tertiary/aromatic N) is 1. The van der Waals surface area contributed by atoms with Gasteiger partial charge < -0.3 is 20.5 Å². The van der Waals surface area contributed by atoms with Gasteiger partial charge in [0.25, 0.3) is 0 Å². The van der Waals surface area contributed by atoms with Crippen molar-refractivity contribution in [2.24, 2.45) is 0 Å². The number of amides is 1. The van der Waals surface area contributed by atoms with Gasteiger partial charge in [-0.1, -0.05) is 0 Å². The monoisotopic (exact) mass is 383 g/mol. The predicted octanol–water partition coefficient (Wildman–Crippen LogP) is 2.71. The van der Waals surface area contributed by atoms with Gasteiger partial charge in [-0.2, -0.15) is 13.2 Å². The molecule has 0 saturated carbocycles. The van der Waals surface area contributed by atoms with Crippen LogP contribution in [0, 0.1) is 0 Å². The summed E-state index contributed by atoms with van der Waals surface area (Å²) in [6.45, 7) is 0.891. The Morgan fingerprint density at radius 2 is 2.32 bits per heavy atom. The Balaban J connectivity index is 2.00. The van der Waals surface area contributed by atoms with Crippen LogP contribution < -0.4 is 15.8 Å². The van der Waals surface area contributed by atoms with Gasteiger partial charge in [0.1, 0.15) is 4.60 Å². The van der Waals surface area contributed by atoms with E-state index in [-0.39, 0.29) is 18.3 Å². The van der Waals surface area contributed by atoms with Crippen molar-refractivity contribution in [3.63, 3.8) is 0 Å². The summed E-state index contributed by atoms with van der Waals surface area (Å²) in [4.78, 5) is 15.1. The standard InChI is InChI=1S/C12H13BrF3N3O3/c13-9-7(12(14,15)16)4-8(17)10(19-9)22-11(20)18-5-6-2-1-3-21-6/h4,6H,1-3,5,17H2,(H,18,20)/t6-/m1/s1. The number of halogens is 4. The van der Waals surface area contributed by atoms with Crippen LogP contribution in [0.2, 0.25) is 0 Å². The zero-order valence-corrected chi connectivity index (χ0v) is 12.8. The molecule has 0 spiro atoms. The zero-order valence-electron chi connectivity index (χ0n) is 11.2. The van der Waals surface area contributed by atoms with Crippen LogP contribution in [0.3, 0.4) is 0 Å². The highest BCUT2D eigenvalue weighted by atomic mass is 79.9. The second kappa shape index (κ2) is 6.69. The van der Waals surface area contributed by atoms with Crippen molar-refractivity contribution in [2.45, 2.75) is 25.1 Å². The van der Waals surface area contributed by atoms with E-state index in [0.29, 0.717) is 12.7 Å². The minimum Gasteiger partial charge on any atom is -0.394 e. The molecular formula is C12H13BrF3N3O3. The highest BCUT2D eigenvalue weighted by molar-refractivity contribution is 9.10. The molecule has 3 N–H and O–H groups in total. The highest BCUT2D eigenvalue weighted by Crippen LogP contribution is 2.37. The maximum Gasteiger partial charge on any atom is 0.419 e. The number of anilines is 1. The van der Waals surface area contributed by atoms with Crippen LogP contribution in [0.25, 0.3) is 0 Å². The zero-order chi connectivity index (χ0) is 16.3. The highest BCUT2D eigenvalue weighted by Gasteiger charge is 2.35. The van der Waals surface area contributed by atoms with E-state index < -0.39 is 28.3 Å². The third kappa shape index (κ3) is 4.23. The van der Waals surface area contributed by atoms with Crippen molar-refractivity contribution >= 4 is 27.7 Å². The van der Waals surface area contributed by atoms with Crippen molar-refractivity contribution in [1.82, 2.24) is 10.3 Å². The average Bonchev–Trinajstić information content (AvgIpc) is 2.92. The topological polar surface area (TPSA) is 86.5 Å². The number of hydrogen-bond donors (Lipinski definition) is 2. The molecule has 0 unspecified atom stereocenters. The second-order valence-electron chi connectivity index (χ2n) is 4.62. The van der Waals surface area contributed by atoms with Crippen molar-refractivity contribution in [2.75, 3.05) is 18.9 Å². The molecule has 1 amide bonds. The van der Waals surface area contributed by atoms with Gasteiger partial charge in [-0.25, -0.2) is 9.78 Å². The van der Waals surface area contributed by atoms with Crippen molar-refractivity contribution in [1.29, 1.82) is 0 Å². The van der Waals surface area contributed by atoms with E-state index in [1.54, 1.807) is 0 Å². The lowest BCUT2D eigenvalue weighted by molar-refractivity contribution is -0.138. The predicted molar refractivity (Wildman–Crippen MR) is 74.4 cm³/mol. The fourth-order valence-corrected chi connectivity index (χ4v) is 2.40. The third-order valence-corrected chi connectivity index (χ3v) is 3.57. The van der Waals surface area contributed by atoms with E-state index in [2.05, 4.69) is 26.2 Å². The van der Waals surface area contributed by atoms with Gasteiger partial charge in [0.15, 0.2) is 0 Å². The van der Waals surface area contributed by atoms with E-state index in [0.717, 1.165) is 12.8 Å². The molecule has 1 aromatic heterocycles. The second-order valence-corrected chi connectivity index (χ2v) is 5.38. The minimum absolute atomic E-state index is 0.0859. The normalized spacial score (nSPS) is 18.3. The number of ether oxygens (including phenoxy) is 2. The summed E-state index contributed by atoms with van der Waals surface area (Å²) < 4.78 is 47.6. The Morgan fingerprint density at radius 1 is 1.59 bits per heavy atom. The Labute approximate surface area is 132 Å². The lowest BCUT2D eigenvalue weighted by Crippen LogP contribution is -2.34. The first-order chi connectivity index (χ1) is 10.3. The molecule has 122 valence electrons. The number of nitrogens with two attached hydrogens (primary N) is 1. The first-order valence-corrected chi connectivity index (χ1v) is 7.17. The van der Waals surface area contributed by atoms with Crippen LogP contribution in [-0.2, 0) is 10.9 Å². The molecular weight excluding hydrogens is 371 g/mol. The largest absolute Gasteiger partial charge is 0.419 e. The SMILES string of the molecule is Nc1cc(C(F)(F)F)c(Br)nc1OC(=O)NC[C@H]1CCCO1. The molecule has 0 aromatic carbocycles. The maximum absolute atomic E-state index is 12.7. The third-order valence-electron chi connectivity index (χ3n) is 2.96. The molecule has 0 aliphatic carbocycles. The van der Waals surface area contributed by atoms with Gasteiger partial charge in [0, 0.05) is 13.2 Å². The number of alkyl halides is 3. The molecule has 0 radical (unpaired) electrons. The molecule has 2 rings (SSSR count). The Hall–Kier alpha value is -1.55. The van der Waals surface area contributed by atoms with Gasteiger partial charge in [0.2, 0.25) is 5.88 Å². The summed E-state index contributed by atoms with van der Waals surface area (Å²) >= 11 is 2.68. The number of hydrogen-bond acceptors (Lipinski definition) is 5. The number of nitrogens with one attached hydrogen (secondary N) is 1. The number of nitrogen functional groups attached to an aromatic ring is 1. The van der Waals surface area contributed by atoms with Crippen molar-refractivity contribution in [3.05, 3.63) is 16.2 Å². The van der Waals surface area contributed by atoms with Gasteiger partial charge in [-0.05, 0) is 34.8 Å². The quantitative estimate of drug-likeness (QED) is 0.783. The van der Waals surface area contributed by atoms with E-state index >= 15 is 0 Å². The minimum atomic E-state index is -4.61. The van der Waals surface area contributed by atoms with Gasteiger partial charge >= 0.3 is 12.3 Å². The number of aromatic nitrogens is 1. The molecule has 1 atom stereocenters. The molecule has 1 aliphatic rings. The molecule has 1 aliphatic heterocycles. The number of carbonyl (C=O) groups excluding carboxylic acids is 1. The Kier molecular flexibility index (Phi) is 5.12. The molecule has 1 saturated heterocycles. The molecule has 6 nitrogen and oxygen atoms in total. The van der Waals surface area contributed by atoms with Gasteiger partial charge in [-0.15, -0.1) is 0 Å². The lowest BCUT2D eigenvalue weighted by Gasteiger charge is -2.13. The molecule has 10 heteroatoms. The summed E-state index contributed by atoms with van der Waals surface area (Å²) in [6.07, 6.45) is -3.81. The Morgan fingerprint density at radius 3 is 2.91 bits per heavy atom. The molecule has 1 aromatic rings. The number of carbonyl (C=O) groups is 1. The van der Waals surface area contributed by atoms with E-state index in [1.165, 1.54) is 0 Å². The van der Waals surface area contributed by atoms with Crippen LogP contribution in [0.1, 0.15) is 18.4 Å². The molecule has 0 bridgehead atoms. The van der Waals surface area contributed by atoms with E-state index in [1.807, 2.05) is 0 Å². The fourth-order valence-electron chi connectivity index (χ4n) is 1.90. The molecule has 2 heterocycles. The first kappa shape index (κ1) is 16.8. The summed E-state index contributed by atoms with van der Waals surface area (Å²) in [5, 5.41) is 2.45. The summed E-state index contributed by atoms with van der Waals surface area (Å²) in [5.41, 5.74) is 4.01.